The van der Waals surface area contributed by atoms with Gasteiger partial charge in [-0.2, -0.15) is 8.78 Å². The lowest BCUT2D eigenvalue weighted by atomic mass is 10.1. The molecule has 0 saturated heterocycles. The molecule has 0 aliphatic carbocycles. The van der Waals surface area contributed by atoms with Crippen molar-refractivity contribution in [3.63, 3.8) is 0 Å². The maximum Gasteiger partial charge on any atom is 0.341 e. The summed E-state index contributed by atoms with van der Waals surface area (Å²) in [5, 5.41) is 0. The fraction of sp³-hybridized carbons (Fsp3) is 0.250. The summed E-state index contributed by atoms with van der Waals surface area (Å²) in [7, 11) is -4.55. The van der Waals surface area contributed by atoms with Crippen LogP contribution in [0.25, 0.3) is 0 Å². The van der Waals surface area contributed by atoms with E-state index in [1.807, 2.05) is 32.0 Å². The number of alkyl halides is 2. The van der Waals surface area contributed by atoms with Crippen LogP contribution >= 0.6 is 0 Å². The zero-order valence-corrected chi connectivity index (χ0v) is 13.0. The number of benzene rings is 2. The molecule has 0 saturated carbocycles. The number of ether oxygens (including phenoxy) is 1. The molecule has 0 fully saturated rings. The second-order valence-electron chi connectivity index (χ2n) is 5.01. The summed E-state index contributed by atoms with van der Waals surface area (Å²) in [6.45, 7) is 4.15. The summed E-state index contributed by atoms with van der Waals surface area (Å²) in [5.41, 5.74) is 2.83. The van der Waals surface area contributed by atoms with Gasteiger partial charge in [-0.05, 0) is 43.2 Å². The summed E-state index contributed by atoms with van der Waals surface area (Å²) >= 11 is 0. The monoisotopic (exact) mass is 326 g/mol. The first-order chi connectivity index (χ1) is 10.3. The third-order valence-corrected chi connectivity index (χ3v) is 4.61. The zero-order chi connectivity index (χ0) is 16.3. The van der Waals surface area contributed by atoms with Crippen molar-refractivity contribution in [3.05, 3.63) is 59.2 Å². The molecule has 0 aliphatic rings. The van der Waals surface area contributed by atoms with Crippen molar-refractivity contribution < 1.29 is 21.9 Å². The third-order valence-electron chi connectivity index (χ3n) is 3.21. The second-order valence-corrected chi connectivity index (χ2v) is 6.93. The van der Waals surface area contributed by atoms with Crippen molar-refractivity contribution in [2.75, 3.05) is 0 Å². The predicted molar refractivity (Wildman–Crippen MR) is 79.9 cm³/mol. The Hall–Kier alpha value is -1.95. The Morgan fingerprint density at radius 3 is 2.23 bits per heavy atom. The van der Waals surface area contributed by atoms with Gasteiger partial charge < -0.3 is 4.74 Å². The summed E-state index contributed by atoms with van der Waals surface area (Å²) in [5.74, 6) is -2.68. The van der Waals surface area contributed by atoms with Crippen molar-refractivity contribution >= 4 is 9.84 Å². The van der Waals surface area contributed by atoms with Crippen LogP contribution in [-0.2, 0) is 16.4 Å². The molecule has 22 heavy (non-hydrogen) atoms. The zero-order valence-electron chi connectivity index (χ0n) is 12.2. The summed E-state index contributed by atoms with van der Waals surface area (Å²) in [6.07, 6.45) is 0. The molecule has 0 aliphatic heterocycles. The molecule has 0 N–H and O–H groups in total. The fourth-order valence-corrected chi connectivity index (χ4v) is 2.72. The molecular weight excluding hydrogens is 310 g/mol. The van der Waals surface area contributed by atoms with E-state index in [-0.39, 0.29) is 6.61 Å². The van der Waals surface area contributed by atoms with Crippen LogP contribution in [0, 0.1) is 13.8 Å². The molecule has 6 heteroatoms. The Labute approximate surface area is 128 Å². The predicted octanol–water partition coefficient (Wildman–Crippen LogP) is 3.88. The van der Waals surface area contributed by atoms with Gasteiger partial charge in [0.25, 0.3) is 0 Å². The average Bonchev–Trinajstić information content (AvgIpc) is 2.46. The molecule has 0 heterocycles. The van der Waals surface area contributed by atoms with Gasteiger partial charge in [-0.15, -0.1) is 0 Å². The van der Waals surface area contributed by atoms with Crippen LogP contribution in [0.2, 0.25) is 0 Å². The molecule has 0 unspecified atom stereocenters. The molecule has 0 radical (unpaired) electrons. The van der Waals surface area contributed by atoms with Crippen molar-refractivity contribution in [2.45, 2.75) is 31.1 Å². The highest BCUT2D eigenvalue weighted by molar-refractivity contribution is 7.91. The molecule has 0 aromatic heterocycles. The van der Waals surface area contributed by atoms with E-state index in [0.717, 1.165) is 16.9 Å². The van der Waals surface area contributed by atoms with Crippen LogP contribution in [0.4, 0.5) is 8.78 Å². The maximum absolute atomic E-state index is 12.4. The average molecular weight is 326 g/mol. The summed E-state index contributed by atoms with van der Waals surface area (Å²) in [6, 6.07) is 11.1. The van der Waals surface area contributed by atoms with E-state index in [0.29, 0.717) is 5.56 Å². The minimum absolute atomic E-state index is 0.235. The Bertz CT molecular complexity index is 753. The lowest BCUT2D eigenvalue weighted by molar-refractivity contribution is 0.234. The second kappa shape index (κ2) is 6.44. The first kappa shape index (κ1) is 16.4. The summed E-state index contributed by atoms with van der Waals surface area (Å²) in [4.78, 5) is -0.391. The van der Waals surface area contributed by atoms with Gasteiger partial charge in [-0.25, -0.2) is 8.42 Å². The van der Waals surface area contributed by atoms with Crippen molar-refractivity contribution in [1.82, 2.24) is 0 Å². The van der Waals surface area contributed by atoms with E-state index >= 15 is 0 Å². The molecule has 0 atom stereocenters. The Morgan fingerprint density at radius 1 is 1.05 bits per heavy atom. The Kier molecular flexibility index (Phi) is 4.81. The summed E-state index contributed by atoms with van der Waals surface area (Å²) < 4.78 is 53.2. The number of sulfone groups is 1. The topological polar surface area (TPSA) is 43.4 Å². The molecule has 2 aromatic carbocycles. The van der Waals surface area contributed by atoms with Gasteiger partial charge in [0.15, 0.2) is 0 Å². The van der Waals surface area contributed by atoms with Crippen LogP contribution in [0.5, 0.6) is 5.75 Å². The number of aryl methyl sites for hydroxylation is 2. The van der Waals surface area contributed by atoms with E-state index < -0.39 is 20.5 Å². The SMILES string of the molecule is Cc1ccc(OCc2ccc(S(=O)(=O)C(F)F)cc2)c(C)c1. The highest BCUT2D eigenvalue weighted by Gasteiger charge is 2.26. The van der Waals surface area contributed by atoms with Gasteiger partial charge in [0.05, 0.1) is 4.90 Å². The van der Waals surface area contributed by atoms with Crippen molar-refractivity contribution in [2.24, 2.45) is 0 Å². The minimum Gasteiger partial charge on any atom is -0.489 e. The molecule has 118 valence electrons. The first-order valence-corrected chi connectivity index (χ1v) is 8.16. The fourth-order valence-electron chi connectivity index (χ4n) is 2.00. The number of rotatable bonds is 5. The van der Waals surface area contributed by atoms with Gasteiger partial charge in [-0.3, -0.25) is 0 Å². The molecule has 2 rings (SSSR count). The van der Waals surface area contributed by atoms with Gasteiger partial charge in [0.2, 0.25) is 9.84 Å². The molecule has 0 amide bonds. The maximum atomic E-state index is 12.4. The molecule has 0 spiro atoms. The molecule has 3 nitrogen and oxygen atoms in total. The third kappa shape index (κ3) is 3.62. The van der Waals surface area contributed by atoms with E-state index in [2.05, 4.69) is 0 Å². The van der Waals surface area contributed by atoms with Crippen LogP contribution in [-0.4, -0.2) is 14.2 Å². The van der Waals surface area contributed by atoms with Crippen LogP contribution in [0.15, 0.2) is 47.4 Å². The number of hydrogen-bond acceptors (Lipinski definition) is 3. The Morgan fingerprint density at radius 2 is 1.68 bits per heavy atom. The smallest absolute Gasteiger partial charge is 0.341 e. The van der Waals surface area contributed by atoms with Gasteiger partial charge >= 0.3 is 5.76 Å². The van der Waals surface area contributed by atoms with Crippen LogP contribution in [0.1, 0.15) is 16.7 Å². The molecular formula is C16H16F2O3S. The van der Waals surface area contributed by atoms with E-state index in [1.54, 1.807) is 0 Å². The van der Waals surface area contributed by atoms with Gasteiger partial charge in [0.1, 0.15) is 12.4 Å². The van der Waals surface area contributed by atoms with Gasteiger partial charge in [-0.1, -0.05) is 29.8 Å². The molecule has 2 aromatic rings. The minimum atomic E-state index is -4.55. The number of halogens is 2. The highest BCUT2D eigenvalue weighted by atomic mass is 32.2. The largest absolute Gasteiger partial charge is 0.489 e. The quantitative estimate of drug-likeness (QED) is 0.837. The first-order valence-electron chi connectivity index (χ1n) is 6.62. The Balaban J connectivity index is 2.09. The van der Waals surface area contributed by atoms with Crippen molar-refractivity contribution in [1.29, 1.82) is 0 Å². The van der Waals surface area contributed by atoms with Crippen LogP contribution < -0.4 is 4.74 Å². The highest BCUT2D eigenvalue weighted by Crippen LogP contribution is 2.22. The lowest BCUT2D eigenvalue weighted by Crippen LogP contribution is -2.11. The lowest BCUT2D eigenvalue weighted by Gasteiger charge is -2.10. The molecule has 0 bridgehead atoms. The van der Waals surface area contributed by atoms with Gasteiger partial charge in [0, 0.05) is 0 Å². The van der Waals surface area contributed by atoms with Crippen LogP contribution in [0.3, 0.4) is 0 Å². The normalized spacial score (nSPS) is 11.7. The van der Waals surface area contributed by atoms with E-state index in [1.165, 1.54) is 24.3 Å². The van der Waals surface area contributed by atoms with E-state index in [4.69, 9.17) is 4.74 Å². The van der Waals surface area contributed by atoms with E-state index in [9.17, 15) is 17.2 Å². The number of hydrogen-bond donors (Lipinski definition) is 0. The standard InChI is InChI=1S/C16H16F2O3S/c1-11-3-8-15(12(2)9-11)21-10-13-4-6-14(7-5-13)22(19,20)16(17)18/h3-9,16H,10H2,1-2H3. The van der Waals surface area contributed by atoms with Crippen molar-refractivity contribution in [3.8, 4) is 5.75 Å².